The highest BCUT2D eigenvalue weighted by Crippen LogP contribution is 2.49. The number of hydrogen-bond acceptors (Lipinski definition) is 3. The van der Waals surface area contributed by atoms with Crippen LogP contribution >= 0.6 is 11.6 Å². The summed E-state index contributed by atoms with van der Waals surface area (Å²) >= 11 is 6.22. The van der Waals surface area contributed by atoms with Crippen LogP contribution in [0.2, 0.25) is 5.02 Å². The van der Waals surface area contributed by atoms with Crippen molar-refractivity contribution in [3.8, 4) is 0 Å². The van der Waals surface area contributed by atoms with Gasteiger partial charge in [0.15, 0.2) is 0 Å². The number of carbonyl (C=O) groups excluding carboxylic acids is 1. The first-order valence-corrected chi connectivity index (χ1v) is 11.4. The van der Waals surface area contributed by atoms with Gasteiger partial charge in [-0.3, -0.25) is 4.79 Å². The molecule has 2 fully saturated rings. The van der Waals surface area contributed by atoms with Gasteiger partial charge in [0, 0.05) is 30.6 Å². The molecule has 1 saturated carbocycles. The fourth-order valence-electron chi connectivity index (χ4n) is 3.78. The highest BCUT2D eigenvalue weighted by atomic mass is 35.5. The maximum atomic E-state index is 12.6. The van der Waals surface area contributed by atoms with Gasteiger partial charge in [-0.15, -0.1) is 0 Å². The highest BCUT2D eigenvalue weighted by molar-refractivity contribution is 7.89. The first kappa shape index (κ1) is 19.4. The van der Waals surface area contributed by atoms with E-state index < -0.39 is 10.0 Å². The summed E-state index contributed by atoms with van der Waals surface area (Å²) in [6.45, 7) is 1.57. The Hall–Kier alpha value is -1.89. The Kier molecular flexibility index (Phi) is 5.45. The van der Waals surface area contributed by atoms with Gasteiger partial charge in [0.2, 0.25) is 15.9 Å². The van der Waals surface area contributed by atoms with Crippen molar-refractivity contribution in [3.05, 3.63) is 64.7 Å². The van der Waals surface area contributed by atoms with Crippen LogP contribution in [0.4, 0.5) is 0 Å². The molecule has 7 heteroatoms. The fraction of sp³-hybridized carbons (Fsp3) is 0.381. The minimum Gasteiger partial charge on any atom is -0.352 e. The highest BCUT2D eigenvalue weighted by Gasteiger charge is 2.44. The number of sulfonamides is 1. The van der Waals surface area contributed by atoms with Crippen molar-refractivity contribution in [2.24, 2.45) is 5.92 Å². The zero-order chi connectivity index (χ0) is 19.7. The molecule has 0 spiro atoms. The number of rotatable bonds is 6. The maximum absolute atomic E-state index is 12.6. The van der Waals surface area contributed by atoms with Crippen LogP contribution in [-0.4, -0.2) is 31.7 Å². The Morgan fingerprint density at radius 2 is 1.75 bits per heavy atom. The third-order valence-electron chi connectivity index (χ3n) is 5.52. The molecule has 0 bridgehead atoms. The van der Waals surface area contributed by atoms with E-state index in [0.29, 0.717) is 29.6 Å². The third kappa shape index (κ3) is 3.95. The molecule has 1 saturated heterocycles. The van der Waals surface area contributed by atoms with Gasteiger partial charge in [0.05, 0.1) is 4.90 Å². The summed E-state index contributed by atoms with van der Waals surface area (Å²) in [4.78, 5) is 12.7. The van der Waals surface area contributed by atoms with E-state index in [-0.39, 0.29) is 17.7 Å². The molecule has 4 rings (SSSR count). The molecule has 0 radical (unpaired) electrons. The van der Waals surface area contributed by atoms with E-state index in [4.69, 9.17) is 11.6 Å². The molecular formula is C21H23ClN2O3S. The molecule has 148 valence electrons. The van der Waals surface area contributed by atoms with E-state index in [2.05, 4.69) is 5.32 Å². The van der Waals surface area contributed by atoms with Crippen LogP contribution in [0.5, 0.6) is 0 Å². The van der Waals surface area contributed by atoms with Crippen molar-refractivity contribution in [2.45, 2.75) is 36.6 Å². The fourth-order valence-corrected chi connectivity index (χ4v) is 5.57. The zero-order valence-corrected chi connectivity index (χ0v) is 17.0. The number of nitrogens with one attached hydrogen (secondary N) is 1. The largest absolute Gasteiger partial charge is 0.352 e. The zero-order valence-electron chi connectivity index (χ0n) is 15.5. The monoisotopic (exact) mass is 418 g/mol. The van der Waals surface area contributed by atoms with E-state index in [1.165, 1.54) is 4.31 Å². The van der Waals surface area contributed by atoms with Gasteiger partial charge < -0.3 is 5.32 Å². The van der Waals surface area contributed by atoms with Crippen molar-refractivity contribution in [3.63, 3.8) is 0 Å². The molecule has 1 aliphatic carbocycles. The quantitative estimate of drug-likeness (QED) is 0.780. The maximum Gasteiger partial charge on any atom is 0.243 e. The molecular weight excluding hydrogens is 396 g/mol. The second-order valence-electron chi connectivity index (χ2n) is 7.44. The molecule has 1 amide bonds. The molecule has 2 aromatic rings. The second-order valence-corrected chi connectivity index (χ2v) is 9.79. The van der Waals surface area contributed by atoms with Crippen LogP contribution in [-0.2, 0) is 21.4 Å². The van der Waals surface area contributed by atoms with Gasteiger partial charge in [0.25, 0.3) is 0 Å². The lowest BCUT2D eigenvalue weighted by Gasteiger charge is -2.15. The van der Waals surface area contributed by atoms with Crippen LogP contribution in [0.3, 0.4) is 0 Å². The molecule has 1 N–H and O–H groups in total. The summed E-state index contributed by atoms with van der Waals surface area (Å²) in [5.41, 5.74) is 1.91. The van der Waals surface area contributed by atoms with Gasteiger partial charge in [-0.1, -0.05) is 41.9 Å². The summed E-state index contributed by atoms with van der Waals surface area (Å²) in [6.07, 6.45) is 2.64. The molecule has 5 nitrogen and oxygen atoms in total. The molecule has 1 heterocycles. The SMILES string of the molecule is O=C(NCc1ccc(S(=O)(=O)N2CCCC2)cc1)C1CC1c1ccccc1Cl. The van der Waals surface area contributed by atoms with E-state index in [0.717, 1.165) is 30.4 Å². The van der Waals surface area contributed by atoms with Crippen LogP contribution in [0, 0.1) is 5.92 Å². The minimum atomic E-state index is -3.40. The average molecular weight is 419 g/mol. The van der Waals surface area contributed by atoms with E-state index in [1.807, 2.05) is 24.3 Å². The Morgan fingerprint density at radius 3 is 2.43 bits per heavy atom. The number of nitrogens with zero attached hydrogens (tertiary/aromatic N) is 1. The molecule has 0 aromatic heterocycles. The standard InChI is InChI=1S/C21H23ClN2O3S/c22-20-6-2-1-5-17(20)18-13-19(18)21(25)23-14-15-7-9-16(10-8-15)28(26,27)24-11-3-4-12-24/h1-2,5-10,18-19H,3-4,11-14H2,(H,23,25). The number of amides is 1. The van der Waals surface area contributed by atoms with Crippen molar-refractivity contribution < 1.29 is 13.2 Å². The average Bonchev–Trinajstić information content (AvgIpc) is 3.28. The van der Waals surface area contributed by atoms with Gasteiger partial charge in [0.1, 0.15) is 0 Å². The van der Waals surface area contributed by atoms with Gasteiger partial charge in [-0.05, 0) is 54.5 Å². The number of benzene rings is 2. The minimum absolute atomic E-state index is 0.0127. The molecule has 2 aromatic carbocycles. The smallest absolute Gasteiger partial charge is 0.243 e. The summed E-state index contributed by atoms with van der Waals surface area (Å²) in [5.74, 6) is 0.148. The van der Waals surface area contributed by atoms with E-state index in [1.54, 1.807) is 24.3 Å². The van der Waals surface area contributed by atoms with Crippen molar-refractivity contribution >= 4 is 27.5 Å². The third-order valence-corrected chi connectivity index (χ3v) is 7.78. The topological polar surface area (TPSA) is 66.5 Å². The summed E-state index contributed by atoms with van der Waals surface area (Å²) in [5, 5.41) is 3.66. The Bertz CT molecular complexity index is 969. The lowest BCUT2D eigenvalue weighted by Crippen LogP contribution is -2.28. The second kappa shape index (κ2) is 7.85. The van der Waals surface area contributed by atoms with Gasteiger partial charge >= 0.3 is 0 Å². The lowest BCUT2D eigenvalue weighted by molar-refractivity contribution is -0.122. The predicted molar refractivity (Wildman–Crippen MR) is 109 cm³/mol. The van der Waals surface area contributed by atoms with Crippen molar-refractivity contribution in [2.75, 3.05) is 13.1 Å². The number of carbonyl (C=O) groups is 1. The van der Waals surface area contributed by atoms with Crippen LogP contribution in [0.25, 0.3) is 0 Å². The first-order chi connectivity index (χ1) is 13.5. The normalized spacial score (nSPS) is 22.2. The van der Waals surface area contributed by atoms with Crippen LogP contribution in [0.15, 0.2) is 53.4 Å². The van der Waals surface area contributed by atoms with Gasteiger partial charge in [-0.25, -0.2) is 8.42 Å². The molecule has 1 aliphatic heterocycles. The van der Waals surface area contributed by atoms with E-state index in [9.17, 15) is 13.2 Å². The molecule has 28 heavy (non-hydrogen) atoms. The van der Waals surface area contributed by atoms with Gasteiger partial charge in [-0.2, -0.15) is 4.31 Å². The lowest BCUT2D eigenvalue weighted by atomic mass is 10.1. The Morgan fingerprint density at radius 1 is 1.07 bits per heavy atom. The Labute approximate surface area is 170 Å². The molecule has 2 aliphatic rings. The first-order valence-electron chi connectivity index (χ1n) is 9.58. The van der Waals surface area contributed by atoms with Crippen LogP contribution in [0.1, 0.15) is 36.3 Å². The summed E-state index contributed by atoms with van der Waals surface area (Å²) in [7, 11) is -3.40. The summed E-state index contributed by atoms with van der Waals surface area (Å²) < 4.78 is 26.6. The number of halogens is 1. The number of hydrogen-bond donors (Lipinski definition) is 1. The van der Waals surface area contributed by atoms with Crippen molar-refractivity contribution in [1.29, 1.82) is 0 Å². The van der Waals surface area contributed by atoms with Crippen LogP contribution < -0.4 is 5.32 Å². The molecule has 2 atom stereocenters. The predicted octanol–water partition coefficient (Wildman–Crippen LogP) is 3.54. The summed E-state index contributed by atoms with van der Waals surface area (Å²) in [6, 6.07) is 14.4. The Balaban J connectivity index is 1.33. The molecule has 2 unspecified atom stereocenters. The van der Waals surface area contributed by atoms with E-state index >= 15 is 0 Å². The van der Waals surface area contributed by atoms with Crippen molar-refractivity contribution in [1.82, 2.24) is 9.62 Å².